The van der Waals surface area contributed by atoms with Crippen LogP contribution in [0.1, 0.15) is 5.56 Å². The number of anilines is 2. The molecule has 0 aliphatic carbocycles. The number of benzene rings is 2. The van der Waals surface area contributed by atoms with E-state index >= 15 is 0 Å². The van der Waals surface area contributed by atoms with Crippen molar-refractivity contribution < 1.29 is 9.13 Å². The highest BCUT2D eigenvalue weighted by Gasteiger charge is 2.05. The van der Waals surface area contributed by atoms with Crippen molar-refractivity contribution >= 4 is 11.4 Å². The van der Waals surface area contributed by atoms with Crippen LogP contribution in [0.25, 0.3) is 0 Å². The lowest BCUT2D eigenvalue weighted by atomic mass is 10.2. The zero-order valence-electron chi connectivity index (χ0n) is 10.1. The van der Waals surface area contributed by atoms with Gasteiger partial charge in [0.1, 0.15) is 11.6 Å². The van der Waals surface area contributed by atoms with Crippen molar-refractivity contribution in [2.24, 2.45) is 0 Å². The Labute approximate surface area is 105 Å². The Hall–Kier alpha value is -2.23. The first-order valence-electron chi connectivity index (χ1n) is 5.61. The van der Waals surface area contributed by atoms with Crippen LogP contribution in [0, 0.1) is 5.82 Å². The van der Waals surface area contributed by atoms with Crippen LogP contribution in [0.15, 0.2) is 42.5 Å². The maximum Gasteiger partial charge on any atom is 0.142 e. The number of ether oxygens (including phenoxy) is 1. The van der Waals surface area contributed by atoms with Gasteiger partial charge in [0.25, 0.3) is 0 Å². The summed E-state index contributed by atoms with van der Waals surface area (Å²) in [4.78, 5) is 0. The third-order valence-corrected chi connectivity index (χ3v) is 2.65. The fourth-order valence-corrected chi connectivity index (χ4v) is 1.70. The van der Waals surface area contributed by atoms with Crippen molar-refractivity contribution in [1.29, 1.82) is 0 Å². The van der Waals surface area contributed by atoms with Gasteiger partial charge in [0.15, 0.2) is 0 Å². The quantitative estimate of drug-likeness (QED) is 0.815. The molecule has 0 saturated heterocycles. The summed E-state index contributed by atoms with van der Waals surface area (Å²) >= 11 is 0. The summed E-state index contributed by atoms with van der Waals surface area (Å²) in [6.45, 7) is 0.381. The Morgan fingerprint density at radius 3 is 2.72 bits per heavy atom. The van der Waals surface area contributed by atoms with Gasteiger partial charge in [0.2, 0.25) is 0 Å². The van der Waals surface area contributed by atoms with E-state index in [0.717, 1.165) is 5.69 Å². The van der Waals surface area contributed by atoms with Gasteiger partial charge in [0, 0.05) is 17.8 Å². The van der Waals surface area contributed by atoms with E-state index in [1.807, 2.05) is 0 Å². The molecule has 0 saturated carbocycles. The van der Waals surface area contributed by atoms with Gasteiger partial charge in [-0.1, -0.05) is 18.2 Å². The Morgan fingerprint density at radius 1 is 1.22 bits per heavy atom. The fraction of sp³-hybridized carbons (Fsp3) is 0.143. The number of rotatable bonds is 4. The number of halogens is 1. The molecular weight excluding hydrogens is 231 g/mol. The molecule has 3 N–H and O–H groups in total. The van der Waals surface area contributed by atoms with Gasteiger partial charge >= 0.3 is 0 Å². The number of hydrogen-bond acceptors (Lipinski definition) is 3. The molecule has 2 aromatic rings. The molecule has 94 valence electrons. The SMILES string of the molecule is COc1ccc(N)cc1NCc1ccccc1F. The Balaban J connectivity index is 2.15. The van der Waals surface area contributed by atoms with E-state index in [9.17, 15) is 4.39 Å². The molecule has 4 heteroatoms. The normalized spacial score (nSPS) is 10.1. The van der Waals surface area contributed by atoms with E-state index in [1.165, 1.54) is 6.07 Å². The molecule has 0 amide bonds. The van der Waals surface area contributed by atoms with Crippen LogP contribution >= 0.6 is 0 Å². The van der Waals surface area contributed by atoms with E-state index < -0.39 is 0 Å². The minimum absolute atomic E-state index is 0.229. The van der Waals surface area contributed by atoms with E-state index in [4.69, 9.17) is 10.5 Å². The van der Waals surface area contributed by atoms with Crippen molar-refractivity contribution in [1.82, 2.24) is 0 Å². The Morgan fingerprint density at radius 2 is 2.00 bits per heavy atom. The molecule has 0 atom stereocenters. The molecule has 2 aromatic carbocycles. The van der Waals surface area contributed by atoms with Crippen molar-refractivity contribution in [3.05, 3.63) is 53.8 Å². The van der Waals surface area contributed by atoms with Crippen LogP contribution in [0.4, 0.5) is 15.8 Å². The van der Waals surface area contributed by atoms with E-state index in [-0.39, 0.29) is 5.82 Å². The number of nitrogens with one attached hydrogen (secondary N) is 1. The smallest absolute Gasteiger partial charge is 0.142 e. The molecule has 18 heavy (non-hydrogen) atoms. The summed E-state index contributed by atoms with van der Waals surface area (Å²) in [5.74, 6) is 0.452. The average molecular weight is 246 g/mol. The second-order valence-electron chi connectivity index (χ2n) is 3.90. The highest BCUT2D eigenvalue weighted by molar-refractivity contribution is 5.63. The molecule has 3 nitrogen and oxygen atoms in total. The minimum Gasteiger partial charge on any atom is -0.495 e. The second kappa shape index (κ2) is 5.40. The van der Waals surface area contributed by atoms with Gasteiger partial charge in [-0.25, -0.2) is 4.39 Å². The first kappa shape index (κ1) is 12.2. The van der Waals surface area contributed by atoms with Crippen molar-refractivity contribution in [3.8, 4) is 5.75 Å². The van der Waals surface area contributed by atoms with E-state index in [0.29, 0.717) is 23.5 Å². The molecule has 0 unspecified atom stereocenters. The number of nitrogen functional groups attached to an aromatic ring is 1. The van der Waals surface area contributed by atoms with Gasteiger partial charge in [-0.15, -0.1) is 0 Å². The van der Waals surface area contributed by atoms with Crippen LogP contribution in [-0.4, -0.2) is 7.11 Å². The molecule has 0 fully saturated rings. The molecular formula is C14H15FN2O. The summed E-state index contributed by atoms with van der Waals surface area (Å²) < 4.78 is 18.7. The molecule has 0 aliphatic rings. The number of nitrogens with two attached hydrogens (primary N) is 1. The van der Waals surface area contributed by atoms with Crippen LogP contribution < -0.4 is 15.8 Å². The lowest BCUT2D eigenvalue weighted by molar-refractivity contribution is 0.416. The third-order valence-electron chi connectivity index (χ3n) is 2.65. The highest BCUT2D eigenvalue weighted by atomic mass is 19.1. The summed E-state index contributed by atoms with van der Waals surface area (Å²) in [5, 5.41) is 3.12. The first-order chi connectivity index (χ1) is 8.70. The van der Waals surface area contributed by atoms with Gasteiger partial charge in [-0.3, -0.25) is 0 Å². The Bertz CT molecular complexity index is 543. The fourth-order valence-electron chi connectivity index (χ4n) is 1.70. The largest absolute Gasteiger partial charge is 0.495 e. The predicted molar refractivity (Wildman–Crippen MR) is 71.1 cm³/mol. The summed E-state index contributed by atoms with van der Waals surface area (Å²) in [5.41, 5.74) is 7.69. The van der Waals surface area contributed by atoms with Crippen molar-refractivity contribution in [3.63, 3.8) is 0 Å². The number of methoxy groups -OCH3 is 1. The minimum atomic E-state index is -0.229. The van der Waals surface area contributed by atoms with Crippen molar-refractivity contribution in [2.45, 2.75) is 6.54 Å². The predicted octanol–water partition coefficient (Wildman–Crippen LogP) is 3.03. The first-order valence-corrected chi connectivity index (χ1v) is 5.61. The second-order valence-corrected chi connectivity index (χ2v) is 3.90. The van der Waals surface area contributed by atoms with Crippen LogP contribution in [0.3, 0.4) is 0 Å². The summed E-state index contributed by atoms with van der Waals surface area (Å²) in [6.07, 6.45) is 0. The van der Waals surface area contributed by atoms with Gasteiger partial charge < -0.3 is 15.8 Å². The third kappa shape index (κ3) is 2.71. The average Bonchev–Trinajstić information content (AvgIpc) is 2.38. The van der Waals surface area contributed by atoms with Gasteiger partial charge in [-0.05, 0) is 24.3 Å². The van der Waals surface area contributed by atoms with Gasteiger partial charge in [-0.2, -0.15) is 0 Å². The summed E-state index contributed by atoms with van der Waals surface area (Å²) in [7, 11) is 1.58. The molecule has 0 aliphatic heterocycles. The zero-order valence-corrected chi connectivity index (χ0v) is 10.1. The maximum atomic E-state index is 13.5. The number of hydrogen-bond donors (Lipinski definition) is 2. The van der Waals surface area contributed by atoms with Crippen LogP contribution in [-0.2, 0) is 6.54 Å². The lowest BCUT2D eigenvalue weighted by Gasteiger charge is -2.12. The monoisotopic (exact) mass is 246 g/mol. The standard InChI is InChI=1S/C14H15FN2O/c1-18-14-7-6-11(16)8-13(14)17-9-10-4-2-3-5-12(10)15/h2-8,17H,9,16H2,1H3. The summed E-state index contributed by atoms with van der Waals surface area (Å²) in [6, 6.07) is 11.9. The van der Waals surface area contributed by atoms with Gasteiger partial charge in [0.05, 0.1) is 12.8 Å². The van der Waals surface area contributed by atoms with Crippen LogP contribution in [0.5, 0.6) is 5.75 Å². The lowest BCUT2D eigenvalue weighted by Crippen LogP contribution is -2.03. The van der Waals surface area contributed by atoms with Crippen molar-refractivity contribution in [2.75, 3.05) is 18.2 Å². The van der Waals surface area contributed by atoms with Crippen LogP contribution in [0.2, 0.25) is 0 Å². The zero-order chi connectivity index (χ0) is 13.0. The molecule has 0 bridgehead atoms. The molecule has 2 rings (SSSR count). The molecule has 0 heterocycles. The molecule has 0 radical (unpaired) electrons. The van der Waals surface area contributed by atoms with E-state index in [2.05, 4.69) is 5.32 Å². The highest BCUT2D eigenvalue weighted by Crippen LogP contribution is 2.27. The topological polar surface area (TPSA) is 47.3 Å². The Kier molecular flexibility index (Phi) is 3.67. The molecule has 0 aromatic heterocycles. The molecule has 0 spiro atoms. The van der Waals surface area contributed by atoms with E-state index in [1.54, 1.807) is 43.5 Å². The maximum absolute atomic E-state index is 13.5.